The van der Waals surface area contributed by atoms with Crippen LogP contribution in [0.25, 0.3) is 0 Å². The number of Topliss-reactive ketones (excluding diaryl/α,β-unsaturated/α-hetero) is 1. The topological polar surface area (TPSA) is 72.8 Å². The van der Waals surface area contributed by atoms with E-state index in [0.29, 0.717) is 24.2 Å². The van der Waals surface area contributed by atoms with Crippen molar-refractivity contribution in [3.05, 3.63) is 29.3 Å². The molecule has 21 heavy (non-hydrogen) atoms. The summed E-state index contributed by atoms with van der Waals surface area (Å²) in [7, 11) is 0.219. The number of hydrogen-bond acceptors (Lipinski definition) is 5. The number of rotatable bonds is 5. The lowest BCUT2D eigenvalue weighted by atomic mass is 9.64. The highest BCUT2D eigenvalue weighted by atomic mass is 16.5. The lowest BCUT2D eigenvalue weighted by Gasteiger charge is -2.28. The number of carbonyl (C=O) groups is 2. The van der Waals surface area contributed by atoms with Crippen molar-refractivity contribution in [3.8, 4) is 5.75 Å². The van der Waals surface area contributed by atoms with Gasteiger partial charge in [0.1, 0.15) is 17.1 Å². The monoisotopic (exact) mass is 290 g/mol. The largest absolute Gasteiger partial charge is 0.535 e. The van der Waals surface area contributed by atoms with Crippen LogP contribution in [0.2, 0.25) is 5.82 Å². The molecule has 1 aliphatic rings. The Morgan fingerprint density at radius 2 is 2.24 bits per heavy atom. The molecule has 5 nitrogen and oxygen atoms in total. The maximum absolute atomic E-state index is 11.7. The predicted octanol–water partition coefficient (Wildman–Crippen LogP) is 2.02. The SMILES string of the molecule is CCCC(=O)C[C@H]1Cc2cccc(C(=O)OC)c2OB1O. The van der Waals surface area contributed by atoms with E-state index in [4.69, 9.17) is 9.39 Å². The number of esters is 1. The van der Waals surface area contributed by atoms with Gasteiger partial charge in [-0.2, -0.15) is 0 Å². The van der Waals surface area contributed by atoms with Crippen LogP contribution in [0, 0.1) is 0 Å². The number of fused-ring (bicyclic) bond motifs is 1. The molecule has 0 spiro atoms. The van der Waals surface area contributed by atoms with Crippen molar-refractivity contribution in [3.63, 3.8) is 0 Å². The van der Waals surface area contributed by atoms with E-state index in [1.807, 2.05) is 13.0 Å². The summed E-state index contributed by atoms with van der Waals surface area (Å²) in [5.41, 5.74) is 1.12. The molecule has 1 heterocycles. The van der Waals surface area contributed by atoms with Crippen LogP contribution in [0.1, 0.15) is 42.1 Å². The van der Waals surface area contributed by atoms with Crippen LogP contribution in [0.5, 0.6) is 5.75 Å². The molecule has 2 rings (SSSR count). The molecule has 1 aromatic carbocycles. The quantitative estimate of drug-likeness (QED) is 0.663. The van der Waals surface area contributed by atoms with Gasteiger partial charge in [0.15, 0.2) is 0 Å². The standard InChI is InChI=1S/C15H19BO5/c1-3-5-12(17)9-11-8-10-6-4-7-13(15(18)20-2)14(10)21-16(11)19/h4,6-7,11,19H,3,5,8-9H2,1-2H3/t11-/m1/s1. The third-order valence-corrected chi connectivity index (χ3v) is 3.64. The van der Waals surface area contributed by atoms with Crippen molar-refractivity contribution in [1.29, 1.82) is 0 Å². The molecule has 0 bridgehead atoms. The fourth-order valence-electron chi connectivity index (χ4n) is 2.60. The third-order valence-electron chi connectivity index (χ3n) is 3.64. The number of ether oxygens (including phenoxy) is 1. The molecule has 1 aliphatic heterocycles. The summed E-state index contributed by atoms with van der Waals surface area (Å²) < 4.78 is 10.2. The second-order valence-electron chi connectivity index (χ2n) is 5.25. The first-order valence-electron chi connectivity index (χ1n) is 7.13. The Kier molecular flexibility index (Phi) is 5.01. The first-order chi connectivity index (χ1) is 10.1. The van der Waals surface area contributed by atoms with Gasteiger partial charge >= 0.3 is 13.1 Å². The van der Waals surface area contributed by atoms with Crippen molar-refractivity contribution in [2.75, 3.05) is 7.11 Å². The second kappa shape index (κ2) is 6.76. The molecule has 1 aromatic rings. The van der Waals surface area contributed by atoms with Gasteiger partial charge in [0.2, 0.25) is 0 Å². The first kappa shape index (κ1) is 15.6. The average Bonchev–Trinajstić information content (AvgIpc) is 2.47. The molecule has 6 heteroatoms. The smallest absolute Gasteiger partial charge is 0.526 e. The summed E-state index contributed by atoms with van der Waals surface area (Å²) in [6.07, 6.45) is 2.11. The molecule has 0 aliphatic carbocycles. The van der Waals surface area contributed by atoms with Crippen LogP contribution in [0.15, 0.2) is 18.2 Å². The van der Waals surface area contributed by atoms with Crippen molar-refractivity contribution in [1.82, 2.24) is 0 Å². The van der Waals surface area contributed by atoms with Gasteiger partial charge in [0.05, 0.1) is 7.11 Å². The Morgan fingerprint density at radius 3 is 2.90 bits per heavy atom. The lowest BCUT2D eigenvalue weighted by Crippen LogP contribution is -2.35. The number of methoxy groups -OCH3 is 1. The zero-order valence-electron chi connectivity index (χ0n) is 12.3. The van der Waals surface area contributed by atoms with Crippen LogP contribution >= 0.6 is 0 Å². The summed E-state index contributed by atoms with van der Waals surface area (Å²) in [5.74, 6) is -0.294. The number of para-hydroxylation sites is 1. The Balaban J connectivity index is 2.20. The van der Waals surface area contributed by atoms with E-state index in [0.717, 1.165) is 12.0 Å². The maximum atomic E-state index is 11.7. The molecule has 1 N–H and O–H groups in total. The van der Waals surface area contributed by atoms with E-state index in [-0.39, 0.29) is 18.0 Å². The molecule has 0 radical (unpaired) electrons. The van der Waals surface area contributed by atoms with E-state index in [2.05, 4.69) is 0 Å². The molecular formula is C15H19BO5. The zero-order valence-corrected chi connectivity index (χ0v) is 12.3. The van der Waals surface area contributed by atoms with Gasteiger partial charge in [-0.15, -0.1) is 0 Å². The van der Waals surface area contributed by atoms with Crippen LogP contribution in [-0.2, 0) is 16.0 Å². The normalized spacial score (nSPS) is 16.9. The summed E-state index contributed by atoms with van der Waals surface area (Å²) in [4.78, 5) is 23.4. The van der Waals surface area contributed by atoms with Gasteiger partial charge in [-0.3, -0.25) is 4.79 Å². The number of carbonyl (C=O) groups excluding carboxylic acids is 2. The summed E-state index contributed by atoms with van der Waals surface area (Å²) in [6.45, 7) is 1.95. The fraction of sp³-hybridized carbons (Fsp3) is 0.467. The number of benzene rings is 1. The molecule has 0 unspecified atom stereocenters. The van der Waals surface area contributed by atoms with Crippen molar-refractivity contribution >= 4 is 18.9 Å². The van der Waals surface area contributed by atoms with Gasteiger partial charge in [0.25, 0.3) is 0 Å². The Labute approximate surface area is 124 Å². The van der Waals surface area contributed by atoms with E-state index in [1.54, 1.807) is 12.1 Å². The van der Waals surface area contributed by atoms with Crippen LogP contribution in [0.4, 0.5) is 0 Å². The predicted molar refractivity (Wildman–Crippen MR) is 78.4 cm³/mol. The molecule has 0 saturated carbocycles. The Bertz CT molecular complexity index is 543. The van der Waals surface area contributed by atoms with Crippen molar-refractivity contribution < 1.29 is 24.0 Å². The summed E-state index contributed by atoms with van der Waals surface area (Å²) in [6, 6.07) is 5.18. The van der Waals surface area contributed by atoms with E-state index in [1.165, 1.54) is 7.11 Å². The van der Waals surface area contributed by atoms with Gasteiger partial charge in [0, 0.05) is 18.7 Å². The molecule has 0 amide bonds. The van der Waals surface area contributed by atoms with Gasteiger partial charge < -0.3 is 14.4 Å². The molecule has 112 valence electrons. The van der Waals surface area contributed by atoms with E-state index < -0.39 is 13.1 Å². The maximum Gasteiger partial charge on any atom is 0.526 e. The Morgan fingerprint density at radius 1 is 1.48 bits per heavy atom. The van der Waals surface area contributed by atoms with Crippen LogP contribution < -0.4 is 4.65 Å². The minimum absolute atomic E-state index is 0.123. The summed E-state index contributed by atoms with van der Waals surface area (Å²) >= 11 is 0. The fourth-order valence-corrected chi connectivity index (χ4v) is 2.60. The van der Waals surface area contributed by atoms with Crippen LogP contribution in [0.3, 0.4) is 0 Å². The van der Waals surface area contributed by atoms with Gasteiger partial charge in [-0.1, -0.05) is 19.1 Å². The highest BCUT2D eigenvalue weighted by Gasteiger charge is 2.37. The minimum atomic E-state index is -1.08. The highest BCUT2D eigenvalue weighted by Crippen LogP contribution is 2.36. The van der Waals surface area contributed by atoms with E-state index >= 15 is 0 Å². The molecule has 0 aromatic heterocycles. The van der Waals surface area contributed by atoms with Gasteiger partial charge in [-0.25, -0.2) is 4.79 Å². The van der Waals surface area contributed by atoms with Gasteiger partial charge in [-0.05, 0) is 24.5 Å². The molecule has 0 saturated heterocycles. The van der Waals surface area contributed by atoms with Crippen molar-refractivity contribution in [2.24, 2.45) is 0 Å². The minimum Gasteiger partial charge on any atom is -0.535 e. The lowest BCUT2D eigenvalue weighted by molar-refractivity contribution is -0.119. The Hall–Kier alpha value is -1.82. The highest BCUT2D eigenvalue weighted by molar-refractivity contribution is 6.47. The van der Waals surface area contributed by atoms with Crippen molar-refractivity contribution in [2.45, 2.75) is 38.4 Å². The molecule has 1 atom stereocenters. The zero-order chi connectivity index (χ0) is 15.4. The molecule has 0 fully saturated rings. The molecular weight excluding hydrogens is 271 g/mol. The third kappa shape index (κ3) is 3.45. The average molecular weight is 290 g/mol. The number of ketones is 1. The van der Waals surface area contributed by atoms with Crippen LogP contribution in [-0.4, -0.2) is 31.0 Å². The second-order valence-corrected chi connectivity index (χ2v) is 5.25. The van der Waals surface area contributed by atoms with E-state index in [9.17, 15) is 14.6 Å². The number of hydrogen-bond donors (Lipinski definition) is 1. The first-order valence-corrected chi connectivity index (χ1v) is 7.13. The summed E-state index contributed by atoms with van der Waals surface area (Å²) in [5, 5.41) is 10.1.